The number of esters is 1. The first-order chi connectivity index (χ1) is 13.0. The van der Waals surface area contributed by atoms with Crippen molar-refractivity contribution in [3.8, 4) is 5.75 Å². The van der Waals surface area contributed by atoms with E-state index in [0.717, 1.165) is 23.2 Å². The van der Waals surface area contributed by atoms with Gasteiger partial charge in [0.05, 0.1) is 7.11 Å². The summed E-state index contributed by atoms with van der Waals surface area (Å²) in [6.07, 6.45) is 3.84. The minimum Gasteiger partial charge on any atom is -0.496 e. The number of hydrogen-bond acceptors (Lipinski definition) is 4. The Labute approximate surface area is 160 Å². The van der Waals surface area contributed by atoms with Crippen LogP contribution >= 0.6 is 0 Å². The van der Waals surface area contributed by atoms with Gasteiger partial charge in [-0.25, -0.2) is 4.79 Å². The Balaban J connectivity index is 1.90. The number of benzene rings is 2. The first-order valence-electron chi connectivity index (χ1n) is 8.91. The summed E-state index contributed by atoms with van der Waals surface area (Å²) in [6, 6.07) is 15.0. The number of anilines is 1. The molecule has 2 aromatic carbocycles. The van der Waals surface area contributed by atoms with Crippen LogP contribution in [-0.2, 0) is 14.3 Å². The van der Waals surface area contributed by atoms with Crippen LogP contribution in [0, 0.1) is 0 Å². The van der Waals surface area contributed by atoms with Crippen LogP contribution in [0.15, 0.2) is 54.6 Å². The molecule has 0 saturated carbocycles. The van der Waals surface area contributed by atoms with Gasteiger partial charge in [-0.05, 0) is 36.1 Å². The van der Waals surface area contributed by atoms with Crippen LogP contribution in [0.3, 0.4) is 0 Å². The molecule has 0 saturated heterocycles. The highest BCUT2D eigenvalue weighted by molar-refractivity contribution is 5.95. The second kappa shape index (κ2) is 10.2. The van der Waals surface area contributed by atoms with Gasteiger partial charge < -0.3 is 14.8 Å². The van der Waals surface area contributed by atoms with E-state index in [1.54, 1.807) is 19.3 Å². The molecule has 0 aliphatic heterocycles. The van der Waals surface area contributed by atoms with Crippen molar-refractivity contribution in [3.05, 3.63) is 65.7 Å². The van der Waals surface area contributed by atoms with Gasteiger partial charge in [-0.3, -0.25) is 4.79 Å². The highest BCUT2D eigenvalue weighted by atomic mass is 16.5. The molecule has 142 valence electrons. The van der Waals surface area contributed by atoms with E-state index in [2.05, 4.69) is 19.2 Å². The molecule has 0 aromatic heterocycles. The zero-order chi connectivity index (χ0) is 19.6. The first kappa shape index (κ1) is 20.2. The molecule has 2 rings (SSSR count). The first-order valence-corrected chi connectivity index (χ1v) is 8.91. The van der Waals surface area contributed by atoms with E-state index in [0.29, 0.717) is 11.7 Å². The summed E-state index contributed by atoms with van der Waals surface area (Å²) in [5.74, 6) is 0.0184. The maximum absolute atomic E-state index is 12.1. The van der Waals surface area contributed by atoms with Crippen molar-refractivity contribution < 1.29 is 19.1 Å². The third kappa shape index (κ3) is 5.99. The second-order valence-electron chi connectivity index (χ2n) is 6.13. The maximum atomic E-state index is 12.1. The van der Waals surface area contributed by atoms with Gasteiger partial charge in [0, 0.05) is 17.3 Å². The van der Waals surface area contributed by atoms with Gasteiger partial charge >= 0.3 is 5.97 Å². The van der Waals surface area contributed by atoms with Gasteiger partial charge in [0.25, 0.3) is 5.91 Å². The molecule has 0 radical (unpaired) electrons. The predicted molar refractivity (Wildman–Crippen MR) is 107 cm³/mol. The Morgan fingerprint density at radius 3 is 2.56 bits per heavy atom. The summed E-state index contributed by atoms with van der Waals surface area (Å²) in [7, 11) is 1.56. The van der Waals surface area contributed by atoms with E-state index >= 15 is 0 Å². The number of nitrogens with one attached hydrogen (secondary N) is 1. The molecular formula is C22H25NO4. The number of para-hydroxylation sites is 2. The minimum absolute atomic E-state index is 0.327. The zero-order valence-corrected chi connectivity index (χ0v) is 15.9. The quantitative estimate of drug-likeness (QED) is 0.555. The van der Waals surface area contributed by atoms with Crippen molar-refractivity contribution in [1.82, 2.24) is 0 Å². The molecule has 0 aliphatic rings. The standard InChI is InChI=1S/C22H25NO4/c1-4-16(2)18-10-6-7-11-19(18)23-21(24)15-27-22(25)14-13-17-9-5-8-12-20(17)26-3/h5-14,16H,4,15H2,1-3H3,(H,23,24)/b14-13+/t16-/m0/s1. The van der Waals surface area contributed by atoms with Crippen LogP contribution in [0.25, 0.3) is 6.08 Å². The van der Waals surface area contributed by atoms with Crippen LogP contribution in [0.1, 0.15) is 37.3 Å². The van der Waals surface area contributed by atoms with Crippen molar-refractivity contribution in [2.75, 3.05) is 19.0 Å². The lowest BCUT2D eigenvalue weighted by atomic mass is 9.97. The number of amides is 1. The molecule has 0 heterocycles. The van der Waals surface area contributed by atoms with Gasteiger partial charge in [0.15, 0.2) is 6.61 Å². The molecule has 0 aliphatic carbocycles. The van der Waals surface area contributed by atoms with Gasteiger partial charge in [-0.1, -0.05) is 50.2 Å². The van der Waals surface area contributed by atoms with Crippen LogP contribution in [0.5, 0.6) is 5.75 Å². The van der Waals surface area contributed by atoms with Crippen LogP contribution in [-0.4, -0.2) is 25.6 Å². The lowest BCUT2D eigenvalue weighted by molar-refractivity contribution is -0.142. The molecule has 1 amide bonds. The SMILES string of the molecule is CC[C@H](C)c1ccccc1NC(=O)COC(=O)/C=C/c1ccccc1OC. The fraction of sp³-hybridized carbons (Fsp3) is 0.273. The van der Waals surface area contributed by atoms with E-state index in [1.165, 1.54) is 6.08 Å². The van der Waals surface area contributed by atoms with E-state index < -0.39 is 5.97 Å². The van der Waals surface area contributed by atoms with Gasteiger partial charge in [-0.15, -0.1) is 0 Å². The number of ether oxygens (including phenoxy) is 2. The molecule has 1 N–H and O–H groups in total. The minimum atomic E-state index is -0.591. The lowest BCUT2D eigenvalue weighted by Gasteiger charge is -2.15. The Morgan fingerprint density at radius 1 is 1.11 bits per heavy atom. The number of carbonyl (C=O) groups excluding carboxylic acids is 2. The number of rotatable bonds is 8. The third-order valence-electron chi connectivity index (χ3n) is 4.26. The van der Waals surface area contributed by atoms with Crippen LogP contribution < -0.4 is 10.1 Å². The van der Waals surface area contributed by atoms with E-state index in [4.69, 9.17) is 9.47 Å². The van der Waals surface area contributed by atoms with Gasteiger partial charge in [0.1, 0.15) is 5.75 Å². The Bertz CT molecular complexity index is 813. The average Bonchev–Trinajstić information content (AvgIpc) is 2.70. The second-order valence-corrected chi connectivity index (χ2v) is 6.13. The molecule has 5 heteroatoms. The molecular weight excluding hydrogens is 342 g/mol. The fourth-order valence-electron chi connectivity index (χ4n) is 2.59. The molecule has 0 spiro atoms. The molecule has 27 heavy (non-hydrogen) atoms. The molecule has 1 atom stereocenters. The topological polar surface area (TPSA) is 64.6 Å². The molecule has 0 bridgehead atoms. The lowest BCUT2D eigenvalue weighted by Crippen LogP contribution is -2.21. The number of methoxy groups -OCH3 is 1. The van der Waals surface area contributed by atoms with E-state index in [-0.39, 0.29) is 12.5 Å². The molecule has 5 nitrogen and oxygen atoms in total. The summed E-state index contributed by atoms with van der Waals surface area (Å²) < 4.78 is 10.2. The summed E-state index contributed by atoms with van der Waals surface area (Å²) in [5.41, 5.74) is 2.57. The predicted octanol–water partition coefficient (Wildman–Crippen LogP) is 4.40. The highest BCUT2D eigenvalue weighted by Gasteiger charge is 2.12. The average molecular weight is 367 g/mol. The Morgan fingerprint density at radius 2 is 1.81 bits per heavy atom. The number of hydrogen-bond donors (Lipinski definition) is 1. The largest absolute Gasteiger partial charge is 0.496 e. The summed E-state index contributed by atoms with van der Waals surface area (Å²) in [5, 5.41) is 2.81. The number of carbonyl (C=O) groups is 2. The van der Waals surface area contributed by atoms with Crippen LogP contribution in [0.4, 0.5) is 5.69 Å². The zero-order valence-electron chi connectivity index (χ0n) is 15.9. The molecule has 0 fully saturated rings. The normalized spacial score (nSPS) is 11.8. The van der Waals surface area contributed by atoms with Crippen molar-refractivity contribution in [2.24, 2.45) is 0 Å². The summed E-state index contributed by atoms with van der Waals surface area (Å²) in [4.78, 5) is 24.0. The maximum Gasteiger partial charge on any atom is 0.331 e. The van der Waals surface area contributed by atoms with Crippen molar-refractivity contribution in [1.29, 1.82) is 0 Å². The van der Waals surface area contributed by atoms with E-state index in [9.17, 15) is 9.59 Å². The van der Waals surface area contributed by atoms with E-state index in [1.807, 2.05) is 42.5 Å². The third-order valence-corrected chi connectivity index (χ3v) is 4.26. The summed E-state index contributed by atoms with van der Waals surface area (Å²) in [6.45, 7) is 3.86. The fourth-order valence-corrected chi connectivity index (χ4v) is 2.59. The molecule has 2 aromatic rings. The van der Waals surface area contributed by atoms with Crippen LogP contribution in [0.2, 0.25) is 0 Å². The van der Waals surface area contributed by atoms with Crippen molar-refractivity contribution in [3.63, 3.8) is 0 Å². The summed E-state index contributed by atoms with van der Waals surface area (Å²) >= 11 is 0. The monoisotopic (exact) mass is 367 g/mol. The van der Waals surface area contributed by atoms with Crippen molar-refractivity contribution in [2.45, 2.75) is 26.2 Å². The Kier molecular flexibility index (Phi) is 7.62. The van der Waals surface area contributed by atoms with Crippen molar-refractivity contribution >= 4 is 23.6 Å². The Hall–Kier alpha value is -3.08. The molecule has 0 unspecified atom stereocenters. The van der Waals surface area contributed by atoms with Gasteiger partial charge in [-0.2, -0.15) is 0 Å². The highest BCUT2D eigenvalue weighted by Crippen LogP contribution is 2.26. The van der Waals surface area contributed by atoms with Gasteiger partial charge in [0.2, 0.25) is 0 Å². The smallest absolute Gasteiger partial charge is 0.331 e.